The first kappa shape index (κ1) is 25.1. The zero-order valence-corrected chi connectivity index (χ0v) is 19.4. The van der Waals surface area contributed by atoms with Gasteiger partial charge >= 0.3 is 11.9 Å². The van der Waals surface area contributed by atoms with Gasteiger partial charge in [0.15, 0.2) is 0 Å². The summed E-state index contributed by atoms with van der Waals surface area (Å²) in [4.78, 5) is 23.6. The molecule has 0 aliphatic heterocycles. The van der Waals surface area contributed by atoms with Crippen LogP contribution in [0.15, 0.2) is 72.1 Å². The van der Waals surface area contributed by atoms with Crippen LogP contribution in [-0.2, 0) is 21.9 Å². The number of aromatic nitrogens is 2. The second-order valence-corrected chi connectivity index (χ2v) is 9.48. The van der Waals surface area contributed by atoms with Crippen molar-refractivity contribution >= 4 is 58.7 Å². The zero-order valence-electron chi connectivity index (χ0n) is 16.2. The van der Waals surface area contributed by atoms with Crippen LogP contribution in [0.4, 0.5) is 0 Å². The van der Waals surface area contributed by atoms with E-state index < -0.39 is 11.9 Å². The molecule has 3 rings (SSSR count). The third-order valence-corrected chi connectivity index (χ3v) is 6.84. The Morgan fingerprint density at radius 3 is 2.06 bits per heavy atom. The average molecular weight is 499 g/mol. The fourth-order valence-electron chi connectivity index (χ4n) is 2.35. The van der Waals surface area contributed by atoms with Gasteiger partial charge in [-0.3, -0.25) is 0 Å². The van der Waals surface area contributed by atoms with Crippen LogP contribution in [0, 0.1) is 0 Å². The number of hydrogen-bond acceptors (Lipinski definition) is 5. The van der Waals surface area contributed by atoms with Crippen LogP contribution >= 0.6 is 46.7 Å². The molecular formula is C21H20Cl2N2O4S2. The van der Waals surface area contributed by atoms with Gasteiger partial charge in [0.2, 0.25) is 0 Å². The number of carbonyl (C=O) groups is 2. The van der Waals surface area contributed by atoms with Crippen LogP contribution in [0.5, 0.6) is 0 Å². The Balaban J connectivity index is 0.000000501. The Hall–Kier alpha value is -2.13. The quantitative estimate of drug-likeness (QED) is 0.315. The van der Waals surface area contributed by atoms with Crippen LogP contribution in [0.3, 0.4) is 0 Å². The molecule has 0 radical (unpaired) electrons. The van der Waals surface area contributed by atoms with Gasteiger partial charge in [0.05, 0.1) is 6.33 Å². The summed E-state index contributed by atoms with van der Waals surface area (Å²) in [6.07, 6.45) is 5.71. The number of halogens is 2. The number of benzene rings is 2. The van der Waals surface area contributed by atoms with E-state index in [0.29, 0.717) is 5.25 Å². The van der Waals surface area contributed by atoms with Gasteiger partial charge in [-0.1, -0.05) is 35.3 Å². The smallest absolute Gasteiger partial charge is 0.414 e. The summed E-state index contributed by atoms with van der Waals surface area (Å²) in [6, 6.07) is 16.1. The van der Waals surface area contributed by atoms with E-state index in [1.807, 2.05) is 66.5 Å². The molecule has 31 heavy (non-hydrogen) atoms. The van der Waals surface area contributed by atoms with E-state index in [-0.39, 0.29) is 0 Å². The largest absolute Gasteiger partial charge is 0.473 e. The second kappa shape index (κ2) is 13.3. The second-order valence-electron chi connectivity index (χ2n) is 6.21. The summed E-state index contributed by atoms with van der Waals surface area (Å²) in [5, 5.41) is 16.8. The normalized spacial score (nSPS) is 11.3. The third-order valence-electron chi connectivity index (χ3n) is 3.76. The molecule has 0 aliphatic rings. The number of rotatable bonds is 8. The first-order valence-electron chi connectivity index (χ1n) is 9.00. The lowest BCUT2D eigenvalue weighted by molar-refractivity contribution is -0.159. The van der Waals surface area contributed by atoms with Gasteiger partial charge in [-0.05, 0) is 42.0 Å². The third kappa shape index (κ3) is 10.1. The minimum absolute atomic E-state index is 0.452. The van der Waals surface area contributed by atoms with Crippen LogP contribution in [-0.4, -0.2) is 42.7 Å². The van der Waals surface area contributed by atoms with Crippen molar-refractivity contribution in [2.75, 3.05) is 5.75 Å². The van der Waals surface area contributed by atoms with Crippen molar-refractivity contribution in [1.82, 2.24) is 9.55 Å². The van der Waals surface area contributed by atoms with Crippen molar-refractivity contribution in [2.24, 2.45) is 0 Å². The first-order chi connectivity index (χ1) is 14.8. The van der Waals surface area contributed by atoms with Gasteiger partial charge in [-0.15, -0.1) is 11.8 Å². The molecule has 0 saturated carbocycles. The van der Waals surface area contributed by atoms with Crippen molar-refractivity contribution in [1.29, 1.82) is 0 Å². The molecule has 1 aromatic heterocycles. The molecule has 0 aliphatic carbocycles. The Bertz CT molecular complexity index is 941. The molecule has 3 aromatic rings. The summed E-state index contributed by atoms with van der Waals surface area (Å²) < 4.78 is 2.14. The number of hydrogen-bond donors (Lipinski definition) is 2. The maximum atomic E-state index is 9.10. The number of carboxylic acids is 2. The van der Waals surface area contributed by atoms with E-state index in [1.165, 1.54) is 10.5 Å². The summed E-state index contributed by atoms with van der Waals surface area (Å²) in [5.74, 6) is -1.61. The van der Waals surface area contributed by atoms with E-state index in [0.717, 1.165) is 28.1 Å². The molecule has 2 aromatic carbocycles. The molecule has 0 spiro atoms. The lowest BCUT2D eigenvalue weighted by atomic mass is 10.2. The lowest BCUT2D eigenvalue weighted by Crippen LogP contribution is -2.15. The van der Waals surface area contributed by atoms with Crippen LogP contribution < -0.4 is 0 Å². The molecule has 0 saturated heterocycles. The minimum Gasteiger partial charge on any atom is -0.473 e. The number of carboxylic acid groups (broad SMARTS) is 2. The summed E-state index contributed by atoms with van der Waals surface area (Å²) in [6.45, 7) is 0.931. The highest BCUT2D eigenvalue weighted by Crippen LogP contribution is 2.29. The van der Waals surface area contributed by atoms with Crippen LogP contribution in [0.25, 0.3) is 0 Å². The molecule has 1 unspecified atom stereocenters. The van der Waals surface area contributed by atoms with Crippen LogP contribution in [0.1, 0.15) is 5.56 Å². The van der Waals surface area contributed by atoms with Gasteiger partial charge < -0.3 is 14.8 Å². The first-order valence-corrected chi connectivity index (χ1v) is 11.8. The molecule has 164 valence electrons. The SMILES string of the molecule is Clc1ccc(CSCC(Cn2ccnc2)Sc2ccc(Cl)cc2)cc1.O=C(O)C(=O)O. The molecular weight excluding hydrogens is 479 g/mol. The Morgan fingerprint density at radius 2 is 1.55 bits per heavy atom. The maximum absolute atomic E-state index is 9.10. The average Bonchev–Trinajstić information content (AvgIpc) is 3.24. The van der Waals surface area contributed by atoms with Crippen LogP contribution in [0.2, 0.25) is 10.0 Å². The lowest BCUT2D eigenvalue weighted by Gasteiger charge is -2.17. The molecule has 0 fully saturated rings. The van der Waals surface area contributed by atoms with E-state index in [4.69, 9.17) is 43.0 Å². The highest BCUT2D eigenvalue weighted by molar-refractivity contribution is 8.03. The highest BCUT2D eigenvalue weighted by Gasteiger charge is 2.12. The number of nitrogens with zero attached hydrogens (tertiary/aromatic N) is 2. The predicted molar refractivity (Wildman–Crippen MR) is 126 cm³/mol. The summed E-state index contributed by atoms with van der Waals surface area (Å²) >= 11 is 15.8. The summed E-state index contributed by atoms with van der Waals surface area (Å²) in [7, 11) is 0. The van der Waals surface area contributed by atoms with E-state index in [2.05, 4.69) is 33.8 Å². The van der Waals surface area contributed by atoms with Crippen molar-refractivity contribution in [3.8, 4) is 0 Å². The Morgan fingerprint density at radius 1 is 0.968 bits per heavy atom. The van der Waals surface area contributed by atoms with Crippen molar-refractivity contribution in [3.05, 3.63) is 82.9 Å². The zero-order chi connectivity index (χ0) is 22.6. The van der Waals surface area contributed by atoms with Gasteiger partial charge in [0, 0.05) is 50.6 Å². The number of aliphatic carboxylic acids is 2. The van der Waals surface area contributed by atoms with Gasteiger partial charge in [-0.2, -0.15) is 11.8 Å². The monoisotopic (exact) mass is 498 g/mol. The van der Waals surface area contributed by atoms with Gasteiger partial charge in [0.25, 0.3) is 0 Å². The Labute approximate surface area is 198 Å². The molecule has 0 bridgehead atoms. The Kier molecular flexibility index (Phi) is 10.8. The van der Waals surface area contributed by atoms with Crippen molar-refractivity contribution < 1.29 is 19.8 Å². The fraction of sp³-hybridized carbons (Fsp3) is 0.190. The van der Waals surface area contributed by atoms with Gasteiger partial charge in [0.1, 0.15) is 0 Å². The molecule has 0 amide bonds. The van der Waals surface area contributed by atoms with E-state index in [1.54, 1.807) is 0 Å². The highest BCUT2D eigenvalue weighted by atomic mass is 35.5. The van der Waals surface area contributed by atoms with Crippen molar-refractivity contribution in [2.45, 2.75) is 22.4 Å². The topological polar surface area (TPSA) is 92.4 Å². The van der Waals surface area contributed by atoms with E-state index >= 15 is 0 Å². The predicted octanol–water partition coefficient (Wildman–Crippen LogP) is 5.44. The molecule has 6 nitrogen and oxygen atoms in total. The number of imidazole rings is 1. The fourth-order valence-corrected chi connectivity index (χ4v) is 5.00. The minimum atomic E-state index is -1.82. The number of thioether (sulfide) groups is 2. The van der Waals surface area contributed by atoms with Gasteiger partial charge in [-0.25, -0.2) is 14.6 Å². The maximum Gasteiger partial charge on any atom is 0.414 e. The van der Waals surface area contributed by atoms with E-state index in [9.17, 15) is 0 Å². The summed E-state index contributed by atoms with van der Waals surface area (Å²) in [5.41, 5.74) is 1.30. The van der Waals surface area contributed by atoms with Crippen molar-refractivity contribution in [3.63, 3.8) is 0 Å². The molecule has 1 atom stereocenters. The standard InChI is InChI=1S/C19H18Cl2N2S2.C2H2O4/c20-16-3-1-15(2-4-16)12-24-13-19(11-23-10-9-22-14-23)25-18-7-5-17(21)6-8-18;3-1(4)2(5)6/h1-10,14,19H,11-13H2;(H,3,4)(H,5,6). The molecule has 2 N–H and O–H groups in total. The molecule has 1 heterocycles. The molecule has 10 heteroatoms.